The molecule has 0 aliphatic heterocycles. The number of esters is 1. The predicted molar refractivity (Wildman–Crippen MR) is 119 cm³/mol. The van der Waals surface area contributed by atoms with E-state index in [2.05, 4.69) is 16.7 Å². The normalized spacial score (nSPS) is 10.3. The fourth-order valence-electron chi connectivity index (χ4n) is 2.42. The first-order chi connectivity index (χ1) is 13.0. The molecule has 4 nitrogen and oxygen atoms in total. The van der Waals surface area contributed by atoms with Gasteiger partial charge < -0.3 is 15.4 Å². The number of anilines is 1. The number of thioether (sulfide) groups is 1. The summed E-state index contributed by atoms with van der Waals surface area (Å²) in [6, 6.07) is 13.3. The van der Waals surface area contributed by atoms with E-state index in [0.717, 1.165) is 34.3 Å². The van der Waals surface area contributed by atoms with Crippen molar-refractivity contribution in [3.8, 4) is 0 Å². The highest BCUT2D eigenvalue weighted by Crippen LogP contribution is 2.20. The van der Waals surface area contributed by atoms with E-state index in [1.807, 2.05) is 49.0 Å². The lowest BCUT2D eigenvalue weighted by atomic mass is 10.1. The molecule has 2 N–H and O–H groups in total. The summed E-state index contributed by atoms with van der Waals surface area (Å²) in [5, 5.41) is 7.63. The highest BCUT2D eigenvalue weighted by Gasteiger charge is 2.13. The summed E-state index contributed by atoms with van der Waals surface area (Å²) in [7, 11) is 0. The standard InChI is InChI=1S/C20H23ClN2O2S2/c1-3-25-19(24)17-8-5-9-18(14(17)2)23-20(26)22-10-11-27-13-15-6-4-7-16(21)12-15/h4-9,12H,3,10-11,13H2,1-2H3,(H2,22,23,26). The molecule has 27 heavy (non-hydrogen) atoms. The monoisotopic (exact) mass is 422 g/mol. The van der Waals surface area contributed by atoms with Crippen LogP contribution in [0.5, 0.6) is 0 Å². The number of ether oxygens (including phenoxy) is 1. The molecule has 2 rings (SSSR count). The van der Waals surface area contributed by atoms with Gasteiger partial charge in [0.2, 0.25) is 0 Å². The van der Waals surface area contributed by atoms with Gasteiger partial charge in [-0.05, 0) is 61.5 Å². The van der Waals surface area contributed by atoms with Gasteiger partial charge in [0.05, 0.1) is 12.2 Å². The summed E-state index contributed by atoms with van der Waals surface area (Å²) >= 11 is 13.1. The summed E-state index contributed by atoms with van der Waals surface area (Å²) in [6.07, 6.45) is 0. The van der Waals surface area contributed by atoms with Crippen LogP contribution in [0.15, 0.2) is 42.5 Å². The smallest absolute Gasteiger partial charge is 0.338 e. The Hall–Kier alpha value is -1.76. The SMILES string of the molecule is CCOC(=O)c1cccc(NC(=S)NCCSCc2cccc(Cl)c2)c1C. The summed E-state index contributed by atoms with van der Waals surface area (Å²) in [5.41, 5.74) is 3.36. The van der Waals surface area contributed by atoms with Crippen LogP contribution in [0.4, 0.5) is 5.69 Å². The average Bonchev–Trinajstić information content (AvgIpc) is 2.63. The Morgan fingerprint density at radius 2 is 2.04 bits per heavy atom. The van der Waals surface area contributed by atoms with Gasteiger partial charge in [-0.15, -0.1) is 0 Å². The molecule has 2 aromatic carbocycles. The van der Waals surface area contributed by atoms with E-state index >= 15 is 0 Å². The highest BCUT2D eigenvalue weighted by atomic mass is 35.5. The van der Waals surface area contributed by atoms with Crippen molar-refractivity contribution in [3.05, 3.63) is 64.2 Å². The van der Waals surface area contributed by atoms with Crippen LogP contribution in [-0.2, 0) is 10.5 Å². The van der Waals surface area contributed by atoms with Crippen molar-refractivity contribution in [1.82, 2.24) is 5.32 Å². The summed E-state index contributed by atoms with van der Waals surface area (Å²) in [4.78, 5) is 12.0. The third-order valence-corrected chi connectivity index (χ3v) is 5.28. The minimum atomic E-state index is -0.324. The van der Waals surface area contributed by atoms with Crippen molar-refractivity contribution in [3.63, 3.8) is 0 Å². The van der Waals surface area contributed by atoms with Crippen LogP contribution in [0.3, 0.4) is 0 Å². The molecule has 0 unspecified atom stereocenters. The van der Waals surface area contributed by atoms with Crippen molar-refractivity contribution in [2.75, 3.05) is 24.2 Å². The third kappa shape index (κ3) is 7.05. The maximum atomic E-state index is 12.0. The molecule has 0 bridgehead atoms. The summed E-state index contributed by atoms with van der Waals surface area (Å²) < 4.78 is 5.08. The van der Waals surface area contributed by atoms with Crippen LogP contribution in [0.25, 0.3) is 0 Å². The molecule has 0 aliphatic carbocycles. The second-order valence-corrected chi connectivity index (χ2v) is 7.71. The number of benzene rings is 2. The molecule has 0 radical (unpaired) electrons. The Morgan fingerprint density at radius 1 is 1.26 bits per heavy atom. The van der Waals surface area contributed by atoms with Crippen molar-refractivity contribution >= 4 is 52.3 Å². The first-order valence-electron chi connectivity index (χ1n) is 8.65. The van der Waals surface area contributed by atoms with E-state index in [-0.39, 0.29) is 5.97 Å². The molecule has 0 aliphatic rings. The number of carbonyl (C=O) groups excluding carboxylic acids is 1. The molecular weight excluding hydrogens is 400 g/mol. The van der Waals surface area contributed by atoms with E-state index < -0.39 is 0 Å². The maximum Gasteiger partial charge on any atom is 0.338 e. The van der Waals surface area contributed by atoms with Gasteiger partial charge in [-0.3, -0.25) is 0 Å². The molecule has 0 heterocycles. The molecule has 144 valence electrons. The predicted octanol–water partition coefficient (Wildman–Crippen LogP) is 5.04. The van der Waals surface area contributed by atoms with E-state index in [4.69, 9.17) is 28.6 Å². The van der Waals surface area contributed by atoms with Gasteiger partial charge in [0.25, 0.3) is 0 Å². The molecule has 0 amide bonds. The zero-order chi connectivity index (χ0) is 19.6. The fourth-order valence-corrected chi connectivity index (χ4v) is 3.65. The van der Waals surface area contributed by atoms with Crippen LogP contribution >= 0.6 is 35.6 Å². The Morgan fingerprint density at radius 3 is 2.78 bits per heavy atom. The maximum absolute atomic E-state index is 12.0. The molecule has 0 atom stereocenters. The van der Waals surface area contributed by atoms with Crippen molar-refractivity contribution in [2.45, 2.75) is 19.6 Å². The van der Waals surface area contributed by atoms with E-state index in [1.165, 1.54) is 5.56 Å². The van der Waals surface area contributed by atoms with Crippen LogP contribution < -0.4 is 10.6 Å². The first-order valence-corrected chi connectivity index (χ1v) is 10.6. The minimum absolute atomic E-state index is 0.324. The first kappa shape index (κ1) is 21.5. The molecule has 2 aromatic rings. The minimum Gasteiger partial charge on any atom is -0.462 e. The largest absolute Gasteiger partial charge is 0.462 e. The summed E-state index contributed by atoms with van der Waals surface area (Å²) in [6.45, 7) is 4.76. The Labute approximate surface area is 175 Å². The van der Waals surface area contributed by atoms with Crippen LogP contribution in [0, 0.1) is 6.92 Å². The van der Waals surface area contributed by atoms with Gasteiger partial charge in [0.1, 0.15) is 0 Å². The number of hydrogen-bond donors (Lipinski definition) is 2. The number of halogens is 1. The fraction of sp³-hybridized carbons (Fsp3) is 0.300. The zero-order valence-corrected chi connectivity index (χ0v) is 17.8. The number of rotatable bonds is 8. The Balaban J connectivity index is 1.77. The number of hydrogen-bond acceptors (Lipinski definition) is 4. The second-order valence-electron chi connectivity index (χ2n) is 5.76. The lowest BCUT2D eigenvalue weighted by molar-refractivity contribution is 0.0525. The van der Waals surface area contributed by atoms with Gasteiger partial charge in [-0.25, -0.2) is 4.79 Å². The lowest BCUT2D eigenvalue weighted by Gasteiger charge is -2.14. The number of thiocarbonyl (C=S) groups is 1. The van der Waals surface area contributed by atoms with Gasteiger partial charge >= 0.3 is 5.97 Å². The summed E-state index contributed by atoms with van der Waals surface area (Å²) in [5.74, 6) is 1.49. The molecule has 0 saturated heterocycles. The molecule has 0 saturated carbocycles. The number of nitrogens with one attached hydrogen (secondary N) is 2. The number of carbonyl (C=O) groups is 1. The Kier molecular flexibility index (Phi) is 8.91. The molecule has 0 spiro atoms. The third-order valence-electron chi connectivity index (χ3n) is 3.77. The molecular formula is C20H23ClN2O2S2. The van der Waals surface area contributed by atoms with Crippen LogP contribution in [-0.4, -0.2) is 30.0 Å². The van der Waals surface area contributed by atoms with Gasteiger partial charge in [-0.1, -0.05) is 29.8 Å². The quantitative estimate of drug-likeness (QED) is 0.353. The van der Waals surface area contributed by atoms with Crippen molar-refractivity contribution in [1.29, 1.82) is 0 Å². The topological polar surface area (TPSA) is 50.4 Å². The highest BCUT2D eigenvalue weighted by molar-refractivity contribution is 7.98. The van der Waals surface area contributed by atoms with Crippen LogP contribution in [0.1, 0.15) is 28.4 Å². The van der Waals surface area contributed by atoms with E-state index in [1.54, 1.807) is 13.0 Å². The van der Waals surface area contributed by atoms with Crippen LogP contribution in [0.2, 0.25) is 5.02 Å². The van der Waals surface area contributed by atoms with Crippen molar-refractivity contribution in [2.24, 2.45) is 0 Å². The van der Waals surface area contributed by atoms with Gasteiger partial charge in [0, 0.05) is 28.8 Å². The molecule has 0 fully saturated rings. The van der Waals surface area contributed by atoms with Crippen molar-refractivity contribution < 1.29 is 9.53 Å². The van der Waals surface area contributed by atoms with E-state index in [0.29, 0.717) is 17.3 Å². The molecule has 7 heteroatoms. The lowest BCUT2D eigenvalue weighted by Crippen LogP contribution is -2.30. The zero-order valence-electron chi connectivity index (χ0n) is 15.4. The van der Waals surface area contributed by atoms with E-state index in [9.17, 15) is 4.79 Å². The average molecular weight is 423 g/mol. The Bertz CT molecular complexity index is 799. The van der Waals surface area contributed by atoms with Gasteiger partial charge in [-0.2, -0.15) is 11.8 Å². The molecule has 0 aromatic heterocycles. The second kappa shape index (κ2) is 11.2. The van der Waals surface area contributed by atoms with Gasteiger partial charge in [0.15, 0.2) is 5.11 Å².